The molecule has 0 aliphatic carbocycles. The molecule has 5 heteroatoms. The van der Waals surface area contributed by atoms with Crippen LogP contribution in [0.1, 0.15) is 31.0 Å². The quantitative estimate of drug-likeness (QED) is 0.848. The van der Waals surface area contributed by atoms with Gasteiger partial charge in [0.15, 0.2) is 0 Å². The third kappa shape index (κ3) is 1.90. The smallest absolute Gasteiger partial charge is 0.308 e. The average molecular weight is 321 g/mol. The van der Waals surface area contributed by atoms with Crippen molar-refractivity contribution in [1.82, 2.24) is 9.88 Å². The normalized spacial score (nSPS) is 27.8. The number of benzene rings is 1. The predicted octanol–water partition coefficient (Wildman–Crippen LogP) is 3.16. The second kappa shape index (κ2) is 5.28. The second-order valence-corrected chi connectivity index (χ2v) is 6.44. The third-order valence-corrected chi connectivity index (χ3v) is 5.51. The maximum absolute atomic E-state index is 11.8. The molecule has 2 N–H and O–H groups in total. The van der Waals surface area contributed by atoms with Crippen LogP contribution in [0.25, 0.3) is 10.9 Å². The molecule has 2 aromatic rings. The summed E-state index contributed by atoms with van der Waals surface area (Å²) in [5.41, 5.74) is 3.16. The second-order valence-electron chi connectivity index (χ2n) is 6.44. The maximum Gasteiger partial charge on any atom is 0.308 e. The van der Waals surface area contributed by atoms with Gasteiger partial charge in [-0.2, -0.15) is 0 Å². The third-order valence-electron chi connectivity index (χ3n) is 5.51. The summed E-state index contributed by atoms with van der Waals surface area (Å²) >= 11 is 0. The molecule has 1 aromatic carbocycles. The fourth-order valence-corrected chi connectivity index (χ4v) is 4.40. The molecular formula is C17H21ClN2O2. The van der Waals surface area contributed by atoms with Gasteiger partial charge in [-0.3, -0.25) is 9.69 Å². The molecule has 1 aromatic heterocycles. The molecule has 2 atom stereocenters. The van der Waals surface area contributed by atoms with Crippen LogP contribution in [0.2, 0.25) is 0 Å². The Morgan fingerprint density at radius 3 is 2.91 bits per heavy atom. The van der Waals surface area contributed by atoms with Crippen molar-refractivity contribution in [3.63, 3.8) is 0 Å². The van der Waals surface area contributed by atoms with E-state index in [9.17, 15) is 9.90 Å². The average Bonchev–Trinajstić information content (AvgIpc) is 2.86. The number of H-pyrrole nitrogens is 1. The SMILES string of the molecule is C[C@@]12c3[nH]c4ccccc4c3CCN1CCC[C@H]2C(=O)O.Cl. The topological polar surface area (TPSA) is 56.3 Å². The lowest BCUT2D eigenvalue weighted by atomic mass is 9.72. The van der Waals surface area contributed by atoms with Crippen molar-refractivity contribution in [2.75, 3.05) is 13.1 Å². The van der Waals surface area contributed by atoms with Gasteiger partial charge in [-0.25, -0.2) is 0 Å². The molecule has 0 amide bonds. The summed E-state index contributed by atoms with van der Waals surface area (Å²) in [5.74, 6) is -1.01. The van der Waals surface area contributed by atoms with E-state index < -0.39 is 11.5 Å². The zero-order valence-electron chi connectivity index (χ0n) is 12.6. The number of piperidine rings is 1. The summed E-state index contributed by atoms with van der Waals surface area (Å²) in [7, 11) is 0. The van der Waals surface area contributed by atoms with E-state index in [1.54, 1.807) is 0 Å². The van der Waals surface area contributed by atoms with Gasteiger partial charge in [0.2, 0.25) is 0 Å². The number of rotatable bonds is 1. The zero-order chi connectivity index (χ0) is 14.6. The molecular weight excluding hydrogens is 300 g/mol. The highest BCUT2D eigenvalue weighted by Gasteiger charge is 2.51. The van der Waals surface area contributed by atoms with Crippen molar-refractivity contribution in [1.29, 1.82) is 0 Å². The Labute approximate surface area is 135 Å². The van der Waals surface area contributed by atoms with Crippen LogP contribution >= 0.6 is 12.4 Å². The van der Waals surface area contributed by atoms with E-state index in [1.807, 2.05) is 6.07 Å². The molecule has 2 aliphatic heterocycles. The van der Waals surface area contributed by atoms with Gasteiger partial charge < -0.3 is 10.1 Å². The lowest BCUT2D eigenvalue weighted by Gasteiger charge is -2.51. The summed E-state index contributed by atoms with van der Waals surface area (Å²) in [6, 6.07) is 8.31. The number of hydrogen-bond acceptors (Lipinski definition) is 2. The molecule has 0 bridgehead atoms. The minimum Gasteiger partial charge on any atom is -0.481 e. The molecule has 0 spiro atoms. The number of nitrogens with one attached hydrogen (secondary N) is 1. The predicted molar refractivity (Wildman–Crippen MR) is 88.5 cm³/mol. The maximum atomic E-state index is 11.8. The Morgan fingerprint density at radius 1 is 1.36 bits per heavy atom. The number of carboxylic acids is 1. The summed E-state index contributed by atoms with van der Waals surface area (Å²) in [4.78, 5) is 17.7. The molecule has 1 fully saturated rings. The minimum atomic E-state index is -0.672. The number of aliphatic carboxylic acids is 1. The summed E-state index contributed by atoms with van der Waals surface area (Å²) < 4.78 is 0. The van der Waals surface area contributed by atoms with Crippen LogP contribution in [0.3, 0.4) is 0 Å². The first-order valence-corrected chi connectivity index (χ1v) is 7.70. The van der Waals surface area contributed by atoms with Gasteiger partial charge in [0, 0.05) is 23.1 Å². The Bertz CT molecular complexity index is 727. The van der Waals surface area contributed by atoms with Crippen molar-refractivity contribution < 1.29 is 9.90 Å². The van der Waals surface area contributed by atoms with Crippen LogP contribution in [-0.2, 0) is 16.8 Å². The van der Waals surface area contributed by atoms with E-state index in [0.717, 1.165) is 43.6 Å². The van der Waals surface area contributed by atoms with Gasteiger partial charge in [-0.15, -0.1) is 12.4 Å². The van der Waals surface area contributed by atoms with E-state index >= 15 is 0 Å². The van der Waals surface area contributed by atoms with Crippen molar-refractivity contribution in [2.45, 2.75) is 31.7 Å². The Morgan fingerprint density at radius 2 is 2.14 bits per heavy atom. The standard InChI is InChI=1S/C17H20N2O2.ClH/c1-17-13(16(20)21)6-4-9-19(17)10-8-12-11-5-2-3-7-14(11)18-15(12)17;/h2-3,5,7,13,18H,4,6,8-10H2,1H3,(H,20,21);1H/t13-,17+;/m0./s1. The zero-order valence-corrected chi connectivity index (χ0v) is 13.4. The molecule has 0 saturated carbocycles. The van der Waals surface area contributed by atoms with Gasteiger partial charge in [0.05, 0.1) is 11.5 Å². The molecule has 0 unspecified atom stereocenters. The molecule has 0 radical (unpaired) electrons. The highest BCUT2D eigenvalue weighted by Crippen LogP contribution is 2.47. The van der Waals surface area contributed by atoms with Crippen LogP contribution in [0.4, 0.5) is 0 Å². The molecule has 2 aliphatic rings. The van der Waals surface area contributed by atoms with Crippen LogP contribution in [0.5, 0.6) is 0 Å². The van der Waals surface area contributed by atoms with Crippen molar-refractivity contribution in [2.24, 2.45) is 5.92 Å². The Hall–Kier alpha value is -1.52. The number of carboxylic acid groups (broad SMARTS) is 1. The van der Waals surface area contributed by atoms with Gasteiger partial charge in [0.1, 0.15) is 0 Å². The van der Waals surface area contributed by atoms with Crippen LogP contribution in [0, 0.1) is 5.92 Å². The first-order valence-electron chi connectivity index (χ1n) is 7.70. The van der Waals surface area contributed by atoms with Crippen LogP contribution in [-0.4, -0.2) is 34.0 Å². The Balaban J connectivity index is 0.00000144. The lowest BCUT2D eigenvalue weighted by molar-refractivity contribution is -0.152. The molecule has 1 saturated heterocycles. The van der Waals surface area contributed by atoms with Gasteiger partial charge >= 0.3 is 5.97 Å². The number of hydrogen-bond donors (Lipinski definition) is 2. The molecule has 22 heavy (non-hydrogen) atoms. The first kappa shape index (κ1) is 15.4. The number of nitrogens with zero attached hydrogens (tertiary/aromatic N) is 1. The number of para-hydroxylation sites is 1. The number of carbonyl (C=O) groups is 1. The monoisotopic (exact) mass is 320 g/mol. The van der Waals surface area contributed by atoms with E-state index in [-0.39, 0.29) is 18.3 Å². The molecule has 4 rings (SSSR count). The largest absolute Gasteiger partial charge is 0.481 e. The van der Waals surface area contributed by atoms with E-state index in [2.05, 4.69) is 35.0 Å². The van der Waals surface area contributed by atoms with Crippen LogP contribution < -0.4 is 0 Å². The van der Waals surface area contributed by atoms with Gasteiger partial charge in [-0.1, -0.05) is 18.2 Å². The number of fused-ring (bicyclic) bond motifs is 5. The number of aromatic amines is 1. The number of aromatic nitrogens is 1. The van der Waals surface area contributed by atoms with Crippen molar-refractivity contribution >= 4 is 29.3 Å². The molecule has 3 heterocycles. The summed E-state index contributed by atoms with van der Waals surface area (Å²) in [6.45, 7) is 4.06. The molecule has 4 nitrogen and oxygen atoms in total. The molecule has 118 valence electrons. The highest BCUT2D eigenvalue weighted by molar-refractivity contribution is 5.86. The van der Waals surface area contributed by atoms with Crippen molar-refractivity contribution in [3.8, 4) is 0 Å². The lowest BCUT2D eigenvalue weighted by Crippen LogP contribution is -2.58. The highest BCUT2D eigenvalue weighted by atomic mass is 35.5. The fourth-order valence-electron chi connectivity index (χ4n) is 4.40. The van der Waals surface area contributed by atoms with E-state index in [0.29, 0.717) is 0 Å². The van der Waals surface area contributed by atoms with Gasteiger partial charge in [-0.05, 0) is 44.4 Å². The van der Waals surface area contributed by atoms with E-state index in [4.69, 9.17) is 0 Å². The summed E-state index contributed by atoms with van der Waals surface area (Å²) in [6.07, 6.45) is 2.74. The van der Waals surface area contributed by atoms with E-state index in [1.165, 1.54) is 10.9 Å². The Kier molecular flexibility index (Phi) is 3.69. The van der Waals surface area contributed by atoms with Gasteiger partial charge in [0.25, 0.3) is 0 Å². The van der Waals surface area contributed by atoms with Crippen molar-refractivity contribution in [3.05, 3.63) is 35.5 Å². The minimum absolute atomic E-state index is 0. The number of halogens is 1. The van der Waals surface area contributed by atoms with Crippen LogP contribution in [0.15, 0.2) is 24.3 Å². The summed E-state index contributed by atoms with van der Waals surface area (Å²) in [5, 5.41) is 11.0. The first-order chi connectivity index (χ1) is 10.1. The fraction of sp³-hybridized carbons (Fsp3) is 0.471.